The SMILES string of the molecule is CCCCCCCCOc1ccc(-c2ccc([C@@H]3CC[C@@H](C)CC3=O)cc2)cc1. The van der Waals surface area contributed by atoms with Gasteiger partial charge in [0, 0.05) is 12.3 Å². The Labute approximate surface area is 176 Å². The number of Topliss-reactive ketones (excluding diaryl/α,β-unsaturated/α-hetero) is 1. The molecular weight excluding hydrogens is 356 g/mol. The molecule has 3 rings (SSSR count). The highest BCUT2D eigenvalue weighted by molar-refractivity contribution is 5.86. The third kappa shape index (κ3) is 6.45. The first kappa shape index (κ1) is 21.6. The van der Waals surface area contributed by atoms with Gasteiger partial charge in [-0.1, -0.05) is 82.3 Å². The van der Waals surface area contributed by atoms with E-state index >= 15 is 0 Å². The molecule has 2 aromatic rings. The lowest BCUT2D eigenvalue weighted by molar-refractivity contribution is -0.123. The quantitative estimate of drug-likeness (QED) is 0.390. The zero-order valence-corrected chi connectivity index (χ0v) is 18.2. The summed E-state index contributed by atoms with van der Waals surface area (Å²) in [6.45, 7) is 5.23. The molecule has 0 aliphatic heterocycles. The molecule has 0 unspecified atom stereocenters. The summed E-state index contributed by atoms with van der Waals surface area (Å²) in [5, 5.41) is 0. The first-order valence-electron chi connectivity index (χ1n) is 11.5. The van der Waals surface area contributed by atoms with Gasteiger partial charge >= 0.3 is 0 Å². The first-order valence-corrected chi connectivity index (χ1v) is 11.5. The van der Waals surface area contributed by atoms with Crippen LogP contribution in [0.3, 0.4) is 0 Å². The van der Waals surface area contributed by atoms with Crippen molar-refractivity contribution in [2.45, 2.75) is 77.6 Å². The summed E-state index contributed by atoms with van der Waals surface area (Å²) in [7, 11) is 0. The molecule has 1 aliphatic carbocycles. The fourth-order valence-corrected chi connectivity index (χ4v) is 4.28. The van der Waals surface area contributed by atoms with Crippen molar-refractivity contribution in [1.29, 1.82) is 0 Å². The second-order valence-corrected chi connectivity index (χ2v) is 8.67. The van der Waals surface area contributed by atoms with E-state index in [-0.39, 0.29) is 5.92 Å². The van der Waals surface area contributed by atoms with Gasteiger partial charge in [-0.2, -0.15) is 0 Å². The van der Waals surface area contributed by atoms with Gasteiger partial charge < -0.3 is 4.74 Å². The molecule has 1 saturated carbocycles. The second-order valence-electron chi connectivity index (χ2n) is 8.67. The van der Waals surface area contributed by atoms with Gasteiger partial charge in [0.2, 0.25) is 0 Å². The van der Waals surface area contributed by atoms with E-state index in [0.717, 1.165) is 38.0 Å². The molecule has 0 heterocycles. The predicted octanol–water partition coefficient (Wildman–Crippen LogP) is 7.57. The maximum atomic E-state index is 12.4. The Morgan fingerprint density at radius 2 is 1.45 bits per heavy atom. The van der Waals surface area contributed by atoms with Crippen molar-refractivity contribution < 1.29 is 9.53 Å². The predicted molar refractivity (Wildman–Crippen MR) is 122 cm³/mol. The van der Waals surface area contributed by atoms with E-state index in [4.69, 9.17) is 4.74 Å². The van der Waals surface area contributed by atoms with E-state index in [1.807, 2.05) is 0 Å². The maximum Gasteiger partial charge on any atom is 0.140 e. The van der Waals surface area contributed by atoms with Crippen LogP contribution in [0.4, 0.5) is 0 Å². The monoisotopic (exact) mass is 392 g/mol. The van der Waals surface area contributed by atoms with Gasteiger partial charge in [0.05, 0.1) is 6.61 Å². The average Bonchev–Trinajstić information content (AvgIpc) is 2.74. The number of ether oxygens (including phenoxy) is 1. The standard InChI is InChI=1S/C27H36O2/c1-3-4-5-6-7-8-19-29-25-16-14-23(15-17-25)22-10-12-24(13-11-22)26-18-9-21(2)20-27(26)28/h10-17,21,26H,3-9,18-20H2,1-2H3/t21-,26+/m1/s1. The van der Waals surface area contributed by atoms with Crippen molar-refractivity contribution in [2.75, 3.05) is 6.61 Å². The fraction of sp³-hybridized carbons (Fsp3) is 0.519. The summed E-state index contributed by atoms with van der Waals surface area (Å²) in [5.41, 5.74) is 3.55. The molecular formula is C27H36O2. The molecule has 2 aromatic carbocycles. The number of carbonyl (C=O) groups is 1. The molecule has 0 aromatic heterocycles. The van der Waals surface area contributed by atoms with Crippen molar-refractivity contribution in [3.63, 3.8) is 0 Å². The molecule has 2 heteroatoms. The smallest absolute Gasteiger partial charge is 0.140 e. The lowest BCUT2D eigenvalue weighted by Crippen LogP contribution is -2.21. The van der Waals surface area contributed by atoms with Gasteiger partial charge in [-0.3, -0.25) is 4.79 Å². The van der Waals surface area contributed by atoms with Crippen LogP contribution in [0.2, 0.25) is 0 Å². The van der Waals surface area contributed by atoms with Gasteiger partial charge in [-0.15, -0.1) is 0 Å². The third-order valence-electron chi connectivity index (χ3n) is 6.15. The summed E-state index contributed by atoms with van der Waals surface area (Å²) >= 11 is 0. The molecule has 0 bridgehead atoms. The molecule has 2 nitrogen and oxygen atoms in total. The van der Waals surface area contributed by atoms with Crippen molar-refractivity contribution in [1.82, 2.24) is 0 Å². The van der Waals surface area contributed by atoms with E-state index in [9.17, 15) is 4.79 Å². The number of ketones is 1. The number of hydrogen-bond donors (Lipinski definition) is 0. The van der Waals surface area contributed by atoms with Gasteiger partial charge in [0.15, 0.2) is 0 Å². The zero-order chi connectivity index (χ0) is 20.5. The van der Waals surface area contributed by atoms with E-state index in [0.29, 0.717) is 11.7 Å². The first-order chi connectivity index (χ1) is 14.2. The highest BCUT2D eigenvalue weighted by Crippen LogP contribution is 2.34. The van der Waals surface area contributed by atoms with Crippen molar-refractivity contribution in [3.05, 3.63) is 54.1 Å². The maximum absolute atomic E-state index is 12.4. The van der Waals surface area contributed by atoms with Crippen LogP contribution in [0.1, 0.15) is 83.1 Å². The van der Waals surface area contributed by atoms with E-state index in [2.05, 4.69) is 62.4 Å². The van der Waals surface area contributed by atoms with E-state index < -0.39 is 0 Å². The number of rotatable bonds is 10. The Balaban J connectivity index is 1.49. The van der Waals surface area contributed by atoms with Crippen LogP contribution in [-0.4, -0.2) is 12.4 Å². The third-order valence-corrected chi connectivity index (χ3v) is 6.15. The average molecular weight is 393 g/mol. The number of carbonyl (C=O) groups excluding carboxylic acids is 1. The zero-order valence-electron chi connectivity index (χ0n) is 18.2. The van der Waals surface area contributed by atoms with Gasteiger partial charge in [0.1, 0.15) is 11.5 Å². The largest absolute Gasteiger partial charge is 0.494 e. The molecule has 0 saturated heterocycles. The number of unbranched alkanes of at least 4 members (excludes halogenated alkanes) is 5. The van der Waals surface area contributed by atoms with Crippen molar-refractivity contribution >= 4 is 5.78 Å². The van der Waals surface area contributed by atoms with Gasteiger partial charge in [-0.05, 0) is 54.0 Å². The van der Waals surface area contributed by atoms with Crippen LogP contribution in [0.5, 0.6) is 5.75 Å². The van der Waals surface area contributed by atoms with Gasteiger partial charge in [-0.25, -0.2) is 0 Å². The van der Waals surface area contributed by atoms with E-state index in [1.54, 1.807) is 0 Å². The summed E-state index contributed by atoms with van der Waals surface area (Å²) < 4.78 is 5.88. The molecule has 0 amide bonds. The summed E-state index contributed by atoms with van der Waals surface area (Å²) in [6.07, 6.45) is 10.6. The highest BCUT2D eigenvalue weighted by Gasteiger charge is 2.27. The molecule has 2 atom stereocenters. The topological polar surface area (TPSA) is 26.3 Å². The summed E-state index contributed by atoms with van der Waals surface area (Å²) in [6, 6.07) is 16.9. The van der Waals surface area contributed by atoms with Crippen molar-refractivity contribution in [2.24, 2.45) is 5.92 Å². The number of benzene rings is 2. The Morgan fingerprint density at radius 1 is 0.828 bits per heavy atom. The molecule has 1 fully saturated rings. The molecule has 0 radical (unpaired) electrons. The van der Waals surface area contributed by atoms with Crippen LogP contribution >= 0.6 is 0 Å². The van der Waals surface area contributed by atoms with Crippen LogP contribution in [0.25, 0.3) is 11.1 Å². The minimum absolute atomic E-state index is 0.0954. The Bertz CT molecular complexity index is 745. The Morgan fingerprint density at radius 3 is 2.10 bits per heavy atom. The minimum Gasteiger partial charge on any atom is -0.494 e. The lowest BCUT2D eigenvalue weighted by Gasteiger charge is -2.25. The molecule has 0 spiro atoms. The molecule has 1 aliphatic rings. The summed E-state index contributed by atoms with van der Waals surface area (Å²) in [5.74, 6) is 1.99. The molecule has 156 valence electrons. The second kappa shape index (κ2) is 11.2. The van der Waals surface area contributed by atoms with Crippen molar-refractivity contribution in [3.8, 4) is 16.9 Å². The van der Waals surface area contributed by atoms with Gasteiger partial charge in [0.25, 0.3) is 0 Å². The normalized spacial score (nSPS) is 19.3. The van der Waals surface area contributed by atoms with Crippen LogP contribution in [0.15, 0.2) is 48.5 Å². The van der Waals surface area contributed by atoms with Crippen LogP contribution in [0, 0.1) is 5.92 Å². The van der Waals surface area contributed by atoms with Crippen LogP contribution < -0.4 is 4.74 Å². The summed E-state index contributed by atoms with van der Waals surface area (Å²) in [4.78, 5) is 12.4. The molecule has 29 heavy (non-hydrogen) atoms. The lowest BCUT2D eigenvalue weighted by atomic mass is 9.78. The minimum atomic E-state index is 0.0954. The Kier molecular flexibility index (Phi) is 8.34. The molecule has 0 N–H and O–H groups in total. The Hall–Kier alpha value is -2.09. The van der Waals surface area contributed by atoms with Crippen LogP contribution in [-0.2, 0) is 4.79 Å². The number of hydrogen-bond acceptors (Lipinski definition) is 2. The fourth-order valence-electron chi connectivity index (χ4n) is 4.28. The highest BCUT2D eigenvalue weighted by atomic mass is 16.5. The van der Waals surface area contributed by atoms with E-state index in [1.165, 1.54) is 48.8 Å².